The van der Waals surface area contributed by atoms with Crippen molar-refractivity contribution in [3.8, 4) is 0 Å². The number of hydrogen-bond donors (Lipinski definition) is 2. The van der Waals surface area contributed by atoms with Crippen molar-refractivity contribution in [1.82, 2.24) is 10.2 Å². The van der Waals surface area contributed by atoms with Gasteiger partial charge in [0.15, 0.2) is 9.84 Å². The summed E-state index contributed by atoms with van der Waals surface area (Å²) in [5.41, 5.74) is 3.56. The van der Waals surface area contributed by atoms with E-state index in [1.807, 2.05) is 0 Å². The topological polar surface area (TPSA) is 86.7 Å². The number of nitrogens with zero attached hydrogens (tertiary/aromatic N) is 1. The first-order chi connectivity index (χ1) is 24.8. The lowest BCUT2D eigenvalue weighted by molar-refractivity contribution is -0.221. The van der Waals surface area contributed by atoms with Crippen molar-refractivity contribution < 1.29 is 22.7 Å². The van der Waals surface area contributed by atoms with Crippen molar-refractivity contribution >= 4 is 15.8 Å². The number of carboxylic acid groups (broad SMARTS) is 1. The molecule has 2 unspecified atom stereocenters. The zero-order valence-electron chi connectivity index (χ0n) is 34.2. The van der Waals surface area contributed by atoms with Gasteiger partial charge in [-0.15, -0.1) is 0 Å². The molecule has 0 radical (unpaired) electrons. The highest BCUT2D eigenvalue weighted by Crippen LogP contribution is 2.76. The second-order valence-corrected chi connectivity index (χ2v) is 23.2. The molecule has 0 aromatic carbocycles. The molecule has 0 amide bonds. The number of aliphatic carboxylic acids is 1. The number of halogens is 1. The van der Waals surface area contributed by atoms with E-state index in [1.165, 1.54) is 68.1 Å². The van der Waals surface area contributed by atoms with Gasteiger partial charge in [0.25, 0.3) is 0 Å². The van der Waals surface area contributed by atoms with E-state index in [-0.39, 0.29) is 45.3 Å². The fraction of sp³-hybridized carbons (Fsp3) is 0.844. The van der Waals surface area contributed by atoms with E-state index in [2.05, 4.69) is 77.4 Å². The molecular formula is C45H71FN2O4S. The van der Waals surface area contributed by atoms with E-state index in [9.17, 15) is 22.7 Å². The maximum Gasteiger partial charge on any atom is 0.312 e. The Morgan fingerprint density at radius 2 is 1.74 bits per heavy atom. The third-order valence-electron chi connectivity index (χ3n) is 18.0. The standard InChI is InChI=1S/C45H71FN2O4S/c1-30(2)33-13-20-45(47-23-24-48-25-26-53(51,52)28-31(3)27-48)22-21-42(7)35(38(33)45)9-10-37-41(6)16-14-34(40(4,5)36(41)15-17-43(37,42)8)32-11-18-44(29-46,19-12-32)39(49)50/h11,14,31,33,35-38,47H,1,9-10,12-13,15-29H2,2-8H3,(H,49,50)/t31?,33-,35+,36-,37?,38+,41-,42+,43+,44+,45-/m0/s1. The third kappa shape index (κ3) is 6.19. The molecule has 6 aliphatic carbocycles. The second kappa shape index (κ2) is 13.6. The van der Waals surface area contributed by atoms with Crippen molar-refractivity contribution in [1.29, 1.82) is 0 Å². The van der Waals surface area contributed by atoms with Gasteiger partial charge in [-0.05, 0) is 152 Å². The van der Waals surface area contributed by atoms with Gasteiger partial charge in [0.05, 0.1) is 16.9 Å². The number of carbonyl (C=O) groups is 1. The lowest BCUT2D eigenvalue weighted by Crippen LogP contribution is -2.68. The molecule has 53 heavy (non-hydrogen) atoms. The monoisotopic (exact) mass is 755 g/mol. The van der Waals surface area contributed by atoms with Gasteiger partial charge < -0.3 is 15.3 Å². The smallest absolute Gasteiger partial charge is 0.312 e. The molecule has 11 atom stereocenters. The number of fused-ring (bicyclic) bond motifs is 7. The average molecular weight is 755 g/mol. The molecule has 2 N–H and O–H groups in total. The number of hydrogen-bond acceptors (Lipinski definition) is 5. The lowest BCUT2D eigenvalue weighted by Gasteiger charge is -2.72. The Kier molecular flexibility index (Phi) is 10.2. The van der Waals surface area contributed by atoms with Crippen LogP contribution in [0.25, 0.3) is 0 Å². The number of carboxylic acids is 1. The van der Waals surface area contributed by atoms with Gasteiger partial charge in [-0.2, -0.15) is 0 Å². The molecule has 1 aliphatic heterocycles. The third-order valence-corrected chi connectivity index (χ3v) is 19.9. The van der Waals surface area contributed by atoms with Crippen LogP contribution in [0.2, 0.25) is 0 Å². The highest BCUT2D eigenvalue weighted by Gasteiger charge is 2.70. The zero-order valence-corrected chi connectivity index (χ0v) is 35.0. The van der Waals surface area contributed by atoms with Crippen LogP contribution in [0.3, 0.4) is 0 Å². The van der Waals surface area contributed by atoms with E-state index < -0.39 is 27.9 Å². The number of allylic oxidation sites excluding steroid dienone is 5. The van der Waals surface area contributed by atoms with E-state index in [1.54, 1.807) is 0 Å². The molecule has 0 aromatic rings. The summed E-state index contributed by atoms with van der Waals surface area (Å²) in [4.78, 5) is 14.4. The minimum Gasteiger partial charge on any atom is -0.481 e. The summed E-state index contributed by atoms with van der Waals surface area (Å²) < 4.78 is 38.9. The van der Waals surface area contributed by atoms with Gasteiger partial charge in [-0.3, -0.25) is 4.79 Å². The Labute approximate surface area is 321 Å². The molecule has 6 nitrogen and oxygen atoms in total. The maximum atomic E-state index is 14.0. The summed E-state index contributed by atoms with van der Waals surface area (Å²) in [6.45, 7) is 24.4. The Balaban J connectivity index is 1.13. The Bertz CT molecular complexity index is 1650. The molecule has 1 saturated heterocycles. The summed E-state index contributed by atoms with van der Waals surface area (Å²) in [5, 5.41) is 14.1. The normalized spacial score (nSPS) is 46.4. The molecule has 0 bridgehead atoms. The van der Waals surface area contributed by atoms with Crippen molar-refractivity contribution in [2.75, 3.05) is 44.4 Å². The molecule has 8 heteroatoms. The summed E-state index contributed by atoms with van der Waals surface area (Å²) in [6.07, 6.45) is 16.9. The fourth-order valence-electron chi connectivity index (χ4n) is 15.2. The van der Waals surface area contributed by atoms with Crippen molar-refractivity contribution in [2.45, 2.75) is 131 Å². The van der Waals surface area contributed by atoms with Crippen molar-refractivity contribution in [2.24, 2.45) is 62.6 Å². The van der Waals surface area contributed by atoms with Crippen LogP contribution in [0.15, 0.2) is 35.5 Å². The maximum absolute atomic E-state index is 14.0. The van der Waals surface area contributed by atoms with Crippen LogP contribution >= 0.6 is 0 Å². The Hall–Kier alpha value is -1.51. The largest absolute Gasteiger partial charge is 0.481 e. The number of sulfone groups is 1. The SMILES string of the molecule is C=C(C)[C@@H]1CC[C@]2(NCCN3CCS(=O)(=O)CC(C)C3)CC[C@]3(C)[C@H](CCC4[C@@]5(C)CC=C(C6=CC[C@@](CF)(C(=O)O)CC6)C(C)(C)[C@@H]5CC[C@]43C)[C@@H]12. The quantitative estimate of drug-likeness (QED) is 0.241. The molecule has 0 spiro atoms. The summed E-state index contributed by atoms with van der Waals surface area (Å²) in [5.74, 6) is 2.75. The highest BCUT2D eigenvalue weighted by atomic mass is 32.2. The van der Waals surface area contributed by atoms with Crippen LogP contribution in [0.4, 0.5) is 4.39 Å². The number of alkyl halides is 1. The van der Waals surface area contributed by atoms with Gasteiger partial charge in [0.1, 0.15) is 6.67 Å². The van der Waals surface area contributed by atoms with Gasteiger partial charge in [0, 0.05) is 31.7 Å². The van der Waals surface area contributed by atoms with Crippen LogP contribution in [-0.2, 0) is 14.6 Å². The number of nitrogens with one attached hydrogen (secondary N) is 1. The summed E-state index contributed by atoms with van der Waals surface area (Å²) in [6, 6.07) is 0. The van der Waals surface area contributed by atoms with E-state index >= 15 is 0 Å². The van der Waals surface area contributed by atoms with Crippen molar-refractivity contribution in [3.05, 3.63) is 35.5 Å². The van der Waals surface area contributed by atoms with Gasteiger partial charge in [-0.25, -0.2) is 12.8 Å². The Morgan fingerprint density at radius 3 is 2.40 bits per heavy atom. The van der Waals surface area contributed by atoms with Crippen LogP contribution in [0, 0.1) is 62.6 Å². The summed E-state index contributed by atoms with van der Waals surface area (Å²) in [7, 11) is -2.96. The lowest BCUT2D eigenvalue weighted by atomic mass is 9.33. The first-order valence-corrected chi connectivity index (χ1v) is 23.1. The van der Waals surface area contributed by atoms with E-state index in [0.29, 0.717) is 54.7 Å². The first kappa shape index (κ1) is 39.7. The number of rotatable bonds is 8. The average Bonchev–Trinajstić information content (AvgIpc) is 3.40. The predicted octanol–water partition coefficient (Wildman–Crippen LogP) is 9.04. The van der Waals surface area contributed by atoms with Crippen LogP contribution in [0.1, 0.15) is 126 Å². The van der Waals surface area contributed by atoms with Gasteiger partial charge in [0.2, 0.25) is 0 Å². The van der Waals surface area contributed by atoms with E-state index in [0.717, 1.165) is 26.1 Å². The minimum absolute atomic E-state index is 0.0195. The van der Waals surface area contributed by atoms with Crippen LogP contribution in [-0.4, -0.2) is 74.3 Å². The molecule has 1 heterocycles. The van der Waals surface area contributed by atoms with E-state index in [4.69, 9.17) is 0 Å². The molecule has 298 valence electrons. The minimum atomic E-state index is -2.96. The molecule has 7 rings (SSSR count). The molecule has 5 fully saturated rings. The Morgan fingerprint density at radius 1 is 0.981 bits per heavy atom. The molecule has 4 saturated carbocycles. The zero-order chi connectivity index (χ0) is 38.4. The first-order valence-electron chi connectivity index (χ1n) is 21.3. The van der Waals surface area contributed by atoms with Crippen LogP contribution < -0.4 is 5.32 Å². The van der Waals surface area contributed by atoms with Crippen LogP contribution in [0.5, 0.6) is 0 Å². The molecule has 0 aromatic heterocycles. The fourth-order valence-corrected chi connectivity index (χ4v) is 16.8. The highest BCUT2D eigenvalue weighted by molar-refractivity contribution is 7.91. The molecule has 7 aliphatic rings. The molecular weight excluding hydrogens is 684 g/mol. The second-order valence-electron chi connectivity index (χ2n) is 21.0. The summed E-state index contributed by atoms with van der Waals surface area (Å²) >= 11 is 0. The predicted molar refractivity (Wildman–Crippen MR) is 213 cm³/mol. The van der Waals surface area contributed by atoms with Crippen molar-refractivity contribution in [3.63, 3.8) is 0 Å². The van der Waals surface area contributed by atoms with Gasteiger partial charge >= 0.3 is 5.97 Å². The van der Waals surface area contributed by atoms with Gasteiger partial charge in [-0.1, -0.05) is 65.8 Å².